The number of amides is 8. The predicted molar refractivity (Wildman–Crippen MR) is 438 cm³/mol. The molecule has 4 atom stereocenters. The number of ether oxygens (including phenoxy) is 1. The average Bonchev–Trinajstić information content (AvgIpc) is 0.864. The Hall–Kier alpha value is -10.3. The summed E-state index contributed by atoms with van der Waals surface area (Å²) in [4.78, 5) is 72.5. The summed E-state index contributed by atoms with van der Waals surface area (Å²) in [6, 6.07) is 18.3. The van der Waals surface area contributed by atoms with Crippen LogP contribution in [0.2, 0.25) is 20.1 Å². The van der Waals surface area contributed by atoms with Gasteiger partial charge in [-0.3, -0.25) is 19.9 Å². The van der Waals surface area contributed by atoms with E-state index in [1.807, 2.05) is 6.08 Å². The Balaban J connectivity index is 0.000000187. The van der Waals surface area contributed by atoms with E-state index in [1.165, 1.54) is 99.8 Å². The number of urea groups is 4. The van der Waals surface area contributed by atoms with Crippen molar-refractivity contribution in [3.63, 3.8) is 0 Å². The second-order valence-corrected chi connectivity index (χ2v) is 30.1. The molecule has 8 aromatic rings. The predicted octanol–water partition coefficient (Wildman–Crippen LogP) is 17.5. The number of hydrogen-bond acceptors (Lipinski definition) is 17. The zero-order valence-corrected chi connectivity index (χ0v) is 69.2. The van der Waals surface area contributed by atoms with Crippen molar-refractivity contribution < 1.29 is 122 Å². The summed E-state index contributed by atoms with van der Waals surface area (Å²) in [5.41, 5.74) is 4.43. The highest BCUT2D eigenvalue weighted by molar-refractivity contribution is 9.10. The number of benzene rings is 4. The molecule has 0 bridgehead atoms. The normalized spacial score (nSPS) is 15.4. The van der Waals surface area contributed by atoms with Crippen LogP contribution in [-0.4, -0.2) is 190 Å². The first kappa shape index (κ1) is 97.5. The molecule has 8 heterocycles. The second kappa shape index (κ2) is 43.1. The zero-order chi connectivity index (χ0) is 90.9. The van der Waals surface area contributed by atoms with Crippen molar-refractivity contribution in [1.82, 2.24) is 39.5 Å². The van der Waals surface area contributed by atoms with Crippen molar-refractivity contribution in [2.45, 2.75) is 81.9 Å². The molecule has 4 aliphatic rings. The third kappa shape index (κ3) is 26.9. The quantitative estimate of drug-likeness (QED) is 0.0377. The van der Waals surface area contributed by atoms with E-state index in [2.05, 4.69) is 61.9 Å². The molecule has 0 unspecified atom stereocenters. The number of nitrogens with zero attached hydrogens (tertiary/aromatic N) is 8. The Morgan fingerprint density at radius 1 is 0.419 bits per heavy atom. The number of rotatable bonds is 17. The number of alkyl halides is 12. The van der Waals surface area contributed by atoms with Gasteiger partial charge in [-0.2, -0.15) is 39.5 Å². The van der Waals surface area contributed by atoms with Crippen molar-refractivity contribution in [3.8, 4) is 5.75 Å². The molecule has 0 aliphatic carbocycles. The van der Waals surface area contributed by atoms with Crippen LogP contribution in [0, 0.1) is 12.7 Å². The summed E-state index contributed by atoms with van der Waals surface area (Å²) in [6.45, 7) is 1.79. The molecule has 0 saturated carbocycles. The third-order valence-electron chi connectivity index (χ3n) is 19.0. The summed E-state index contributed by atoms with van der Waals surface area (Å²) >= 11 is 27.3. The second-order valence-electron chi connectivity index (χ2n) is 27.6. The van der Waals surface area contributed by atoms with E-state index in [1.54, 1.807) is 24.3 Å². The molecule has 4 aromatic heterocycles. The lowest BCUT2D eigenvalue weighted by Crippen LogP contribution is -2.38. The molecule has 664 valence electrons. The molecular weight excluding hydrogens is 1820 g/mol. The Morgan fingerprint density at radius 2 is 0.742 bits per heavy atom. The first-order chi connectivity index (χ1) is 58.4. The Bertz CT molecular complexity index is 5290. The first-order valence-electron chi connectivity index (χ1n) is 37.0. The topological polar surface area (TPSA) is 352 Å². The highest BCUT2D eigenvalue weighted by Crippen LogP contribution is 2.41. The number of aliphatic hydroxyl groups excluding tert-OH is 8. The van der Waals surface area contributed by atoms with Gasteiger partial charge in [-0.25, -0.2) is 23.6 Å². The summed E-state index contributed by atoms with van der Waals surface area (Å²) in [5.74, 6) is -0.975. The van der Waals surface area contributed by atoms with E-state index in [0.29, 0.717) is 105 Å². The standard InChI is InChI=1S/C21H21ClF3N3O4.C20H18BrClF3N3O3.C20H18Cl2F3N3O3.C20H19F4N3O3/c1-12-8-15(2-3-18(12)32-21(23,24)25)27-20(31)28-6-4-13(5-7-28)19-16(22)9-14(10-26-19)17(30)11-29;21-15-2-1-13(8-14(15)20(23,24)25)27-19(31)28-5-3-11(4-6-28)18-16(22)7-12(9-26-18)17(30)10-29;21-15-8-13(1-2-14(15)20(23,24)25)27-19(31)28-5-3-11(4-6-28)18-16(22)7-12(9-26-18)17(30)10-29;21-16-9-13(17(29)11-28)10-25-18(16)12-5-7-27(8-6-12)19(30)26-15-3-1-14(2-4-15)20(22,23)24/h2-4,8-10,17,29-30H,5-7,11H2,1H3,(H,27,31);2*1-3,7-9,17,29-30H,4-6,10H2,(H,27,31);1-5,9-10,17,28-29H,6-8,11H2,(H,26,30)/t4*17-/m1111/s1. The highest BCUT2D eigenvalue weighted by Gasteiger charge is 2.37. The Kier molecular flexibility index (Phi) is 33.9. The summed E-state index contributed by atoms with van der Waals surface area (Å²) < 4.78 is 171. The smallest absolute Gasteiger partial charge is 0.406 e. The van der Waals surface area contributed by atoms with Gasteiger partial charge in [-0.05, 0) is 164 Å². The maximum Gasteiger partial charge on any atom is 0.573 e. The van der Waals surface area contributed by atoms with Crippen molar-refractivity contribution in [1.29, 1.82) is 0 Å². The maximum absolute atomic E-state index is 14.3. The lowest BCUT2D eigenvalue weighted by atomic mass is 10.0. The van der Waals surface area contributed by atoms with Gasteiger partial charge in [0, 0.05) is 127 Å². The van der Waals surface area contributed by atoms with E-state index in [0.717, 1.165) is 65.3 Å². The zero-order valence-electron chi connectivity index (χ0n) is 64.6. The SMILES string of the molecule is Cc1cc(NC(=O)N2CC=C(c3ncc([C@H](O)CO)cc3Cl)CC2)ccc1OC(F)(F)F.O=C(Nc1ccc(Br)c(C(F)(F)F)c1)N1CC=C(c2ncc([C@H](O)CO)cc2Cl)CC1.O=C(Nc1ccc(C(F)(F)F)c(Cl)c1)N1CC=C(c2ncc([C@H](O)CO)cc2Cl)CC1.O=C(Nc1ccc(C(F)(F)F)cc1)N1CC=C(c2ncc([C@H](O)CO)cc2F)CC1. The van der Waals surface area contributed by atoms with Gasteiger partial charge in [0.25, 0.3) is 0 Å². The number of aliphatic hydroxyl groups is 8. The number of anilines is 4. The maximum atomic E-state index is 14.3. The highest BCUT2D eigenvalue weighted by atomic mass is 79.9. The fraction of sp³-hybridized carbons (Fsp3) is 0.309. The molecule has 0 spiro atoms. The Morgan fingerprint density at radius 3 is 1.06 bits per heavy atom. The molecule has 4 aliphatic heterocycles. The lowest BCUT2D eigenvalue weighted by molar-refractivity contribution is -0.274. The number of hydrogen-bond donors (Lipinski definition) is 12. The molecule has 25 nitrogen and oxygen atoms in total. The minimum absolute atomic E-state index is 0.0399. The van der Waals surface area contributed by atoms with Crippen molar-refractivity contribution in [2.75, 3.05) is 100 Å². The fourth-order valence-corrected chi connectivity index (χ4v) is 14.0. The van der Waals surface area contributed by atoms with E-state index >= 15 is 0 Å². The largest absolute Gasteiger partial charge is 0.573 e. The number of carbonyl (C=O) groups is 4. The van der Waals surface area contributed by atoms with Crippen LogP contribution < -0.4 is 26.0 Å². The van der Waals surface area contributed by atoms with Crippen LogP contribution in [0.1, 0.15) is 117 Å². The van der Waals surface area contributed by atoms with Crippen molar-refractivity contribution in [2.24, 2.45) is 0 Å². The van der Waals surface area contributed by atoms with Gasteiger partial charge in [0.2, 0.25) is 0 Å². The molecule has 0 radical (unpaired) electrons. The minimum Gasteiger partial charge on any atom is -0.406 e. The van der Waals surface area contributed by atoms with Gasteiger partial charge in [-0.1, -0.05) is 86.6 Å². The number of aromatic nitrogens is 4. The molecule has 4 aromatic carbocycles. The van der Waals surface area contributed by atoms with E-state index < -0.39 is 127 Å². The van der Waals surface area contributed by atoms with Crippen molar-refractivity contribution >= 4 is 132 Å². The van der Waals surface area contributed by atoms with Crippen LogP contribution in [0.25, 0.3) is 22.3 Å². The number of carbonyl (C=O) groups excluding carboxylic acids is 4. The van der Waals surface area contributed by atoms with Crippen LogP contribution in [-0.2, 0) is 18.5 Å². The molecule has 8 amide bonds. The van der Waals surface area contributed by atoms with Crippen LogP contribution >= 0.6 is 62.3 Å². The van der Waals surface area contributed by atoms with E-state index in [-0.39, 0.29) is 76.8 Å². The molecular formula is C81H76BrCl4F13N12O13. The molecule has 124 heavy (non-hydrogen) atoms. The van der Waals surface area contributed by atoms with Crippen LogP contribution in [0.4, 0.5) is 99.0 Å². The van der Waals surface area contributed by atoms with Gasteiger partial charge >= 0.3 is 49.0 Å². The number of nitrogens with one attached hydrogen (secondary N) is 4. The van der Waals surface area contributed by atoms with Gasteiger partial charge in [0.05, 0.1) is 80.3 Å². The Labute approximate surface area is 726 Å². The van der Waals surface area contributed by atoms with Crippen LogP contribution in [0.15, 0.2) is 157 Å². The average molecular weight is 1890 g/mol. The number of pyridine rings is 4. The first-order valence-corrected chi connectivity index (χ1v) is 39.3. The summed E-state index contributed by atoms with van der Waals surface area (Å²) in [7, 11) is 0. The summed E-state index contributed by atoms with van der Waals surface area (Å²) in [5, 5.41) is 85.2. The molecule has 43 heteroatoms. The number of aryl methyl sites for hydroxylation is 1. The molecule has 0 saturated heterocycles. The van der Waals surface area contributed by atoms with Gasteiger partial charge in [0.1, 0.15) is 41.7 Å². The lowest BCUT2D eigenvalue weighted by Gasteiger charge is -2.27. The van der Waals surface area contributed by atoms with Gasteiger partial charge in [0.15, 0.2) is 0 Å². The molecule has 12 N–H and O–H groups in total. The third-order valence-corrected chi connectivity index (χ3v) is 20.9. The van der Waals surface area contributed by atoms with Gasteiger partial charge in [-0.15, -0.1) is 13.2 Å². The van der Waals surface area contributed by atoms with E-state index in [9.17, 15) is 96.7 Å². The minimum atomic E-state index is -4.79. The molecule has 0 fully saturated rings. The van der Waals surface area contributed by atoms with Crippen molar-refractivity contribution in [3.05, 3.63) is 250 Å². The summed E-state index contributed by atoms with van der Waals surface area (Å²) in [6.07, 6.45) is -8.50. The monoisotopic (exact) mass is 1890 g/mol. The number of halogens is 18. The van der Waals surface area contributed by atoms with Crippen LogP contribution in [0.3, 0.4) is 0 Å². The van der Waals surface area contributed by atoms with Gasteiger partial charge < -0.3 is 86.5 Å². The fourth-order valence-electron chi connectivity index (χ4n) is 12.3. The molecule has 12 rings (SSSR count). The van der Waals surface area contributed by atoms with E-state index in [4.69, 9.17) is 66.8 Å². The van der Waals surface area contributed by atoms with Crippen LogP contribution in [0.5, 0.6) is 5.75 Å².